The molecule has 4 nitrogen and oxygen atoms in total. The number of anilines is 1. The molecule has 106 valence electrons. The van der Waals surface area contributed by atoms with Crippen molar-refractivity contribution in [3.8, 4) is 5.75 Å². The van der Waals surface area contributed by atoms with Crippen molar-refractivity contribution in [3.63, 3.8) is 0 Å². The van der Waals surface area contributed by atoms with Crippen LogP contribution in [0.4, 0.5) is 5.69 Å². The number of aryl methyl sites for hydroxylation is 1. The van der Waals surface area contributed by atoms with Crippen LogP contribution in [0.2, 0.25) is 0 Å². The summed E-state index contributed by atoms with van der Waals surface area (Å²) in [6, 6.07) is 4.24. The molecule has 1 aliphatic heterocycles. The van der Waals surface area contributed by atoms with Crippen molar-refractivity contribution in [1.82, 2.24) is 9.88 Å². The second-order valence-corrected chi connectivity index (χ2v) is 5.49. The van der Waals surface area contributed by atoms with Gasteiger partial charge in [0.25, 0.3) is 0 Å². The molecule has 2 heterocycles. The minimum atomic E-state index is 0.917. The number of likely N-dealkylation sites (N-methyl/N-ethyl adjacent to an activating group) is 1. The normalized spacial score (nSPS) is 16.6. The Morgan fingerprint density at radius 2 is 1.80 bits per heavy atom. The van der Waals surface area contributed by atoms with E-state index in [0.29, 0.717) is 0 Å². The van der Waals surface area contributed by atoms with E-state index in [4.69, 9.17) is 4.74 Å². The third-order valence-electron chi connectivity index (χ3n) is 4.11. The highest BCUT2D eigenvalue weighted by Crippen LogP contribution is 2.33. The van der Waals surface area contributed by atoms with Crippen molar-refractivity contribution in [3.05, 3.63) is 30.1 Å². The average Bonchev–Trinajstić information content (AvgIpc) is 2.48. The van der Waals surface area contributed by atoms with Gasteiger partial charge < -0.3 is 14.5 Å². The molecule has 0 aliphatic carbocycles. The molecule has 1 fully saturated rings. The minimum absolute atomic E-state index is 0.917. The van der Waals surface area contributed by atoms with Gasteiger partial charge in [0.15, 0.2) is 0 Å². The van der Waals surface area contributed by atoms with Crippen molar-refractivity contribution in [2.75, 3.05) is 45.2 Å². The fourth-order valence-corrected chi connectivity index (χ4v) is 2.79. The lowest BCUT2D eigenvalue weighted by molar-refractivity contribution is 0.313. The summed E-state index contributed by atoms with van der Waals surface area (Å²) in [5, 5.41) is 2.45. The Morgan fingerprint density at radius 3 is 2.50 bits per heavy atom. The first-order valence-corrected chi connectivity index (χ1v) is 7.05. The maximum absolute atomic E-state index is 5.47. The molecule has 1 saturated heterocycles. The lowest BCUT2D eigenvalue weighted by Crippen LogP contribution is -2.44. The summed E-state index contributed by atoms with van der Waals surface area (Å²) in [4.78, 5) is 9.16. The average molecular weight is 271 g/mol. The third-order valence-corrected chi connectivity index (χ3v) is 4.11. The number of ether oxygens (including phenoxy) is 1. The third kappa shape index (κ3) is 2.31. The van der Waals surface area contributed by atoms with Gasteiger partial charge in [-0.3, -0.25) is 4.98 Å². The summed E-state index contributed by atoms with van der Waals surface area (Å²) >= 11 is 0. The fraction of sp³-hybridized carbons (Fsp3) is 0.438. The quantitative estimate of drug-likeness (QED) is 0.838. The zero-order valence-corrected chi connectivity index (χ0v) is 12.4. The van der Waals surface area contributed by atoms with E-state index >= 15 is 0 Å². The van der Waals surface area contributed by atoms with Crippen molar-refractivity contribution < 1.29 is 4.74 Å². The Bertz CT molecular complexity index is 618. The van der Waals surface area contributed by atoms with Crippen LogP contribution >= 0.6 is 0 Å². The van der Waals surface area contributed by atoms with Crippen LogP contribution in [-0.2, 0) is 0 Å². The van der Waals surface area contributed by atoms with Gasteiger partial charge in [0.1, 0.15) is 5.75 Å². The van der Waals surface area contributed by atoms with Crippen LogP contribution in [-0.4, -0.2) is 50.2 Å². The predicted octanol–water partition coefficient (Wildman–Crippen LogP) is 2.30. The zero-order chi connectivity index (χ0) is 14.1. The Kier molecular flexibility index (Phi) is 3.49. The molecule has 2 aromatic rings. The van der Waals surface area contributed by atoms with E-state index in [1.807, 2.05) is 12.4 Å². The van der Waals surface area contributed by atoms with Gasteiger partial charge >= 0.3 is 0 Å². The van der Waals surface area contributed by atoms with Gasteiger partial charge in [0.05, 0.1) is 7.11 Å². The number of hydrogen-bond donors (Lipinski definition) is 0. The molecule has 0 amide bonds. The highest BCUT2D eigenvalue weighted by atomic mass is 16.5. The number of piperazine rings is 1. The van der Waals surface area contributed by atoms with Crippen LogP contribution in [0.1, 0.15) is 5.56 Å². The minimum Gasteiger partial charge on any atom is -0.497 e. The smallest absolute Gasteiger partial charge is 0.121 e. The fourth-order valence-electron chi connectivity index (χ4n) is 2.79. The predicted molar refractivity (Wildman–Crippen MR) is 82.7 cm³/mol. The maximum Gasteiger partial charge on any atom is 0.121 e. The van der Waals surface area contributed by atoms with Crippen LogP contribution < -0.4 is 9.64 Å². The molecule has 4 heteroatoms. The van der Waals surface area contributed by atoms with Crippen molar-refractivity contribution >= 4 is 16.5 Å². The largest absolute Gasteiger partial charge is 0.497 e. The van der Waals surface area contributed by atoms with E-state index in [-0.39, 0.29) is 0 Å². The van der Waals surface area contributed by atoms with Gasteiger partial charge in [-0.2, -0.15) is 0 Å². The van der Waals surface area contributed by atoms with Gasteiger partial charge in [-0.1, -0.05) is 0 Å². The molecule has 3 rings (SSSR count). The molecule has 0 spiro atoms. The number of pyridine rings is 1. The molecule has 0 bridgehead atoms. The van der Waals surface area contributed by atoms with E-state index in [2.05, 4.69) is 40.9 Å². The lowest BCUT2D eigenvalue weighted by Gasteiger charge is -2.34. The Balaban J connectivity index is 2.11. The molecule has 0 N–H and O–H groups in total. The van der Waals surface area contributed by atoms with Gasteiger partial charge in [0.2, 0.25) is 0 Å². The molecule has 1 aromatic carbocycles. The first-order valence-electron chi connectivity index (χ1n) is 7.05. The Hall–Kier alpha value is -1.81. The molecule has 1 aromatic heterocycles. The molecule has 20 heavy (non-hydrogen) atoms. The summed E-state index contributed by atoms with van der Waals surface area (Å²) in [6.45, 7) is 6.39. The number of rotatable bonds is 2. The monoisotopic (exact) mass is 271 g/mol. The second kappa shape index (κ2) is 5.29. The summed E-state index contributed by atoms with van der Waals surface area (Å²) in [6.07, 6.45) is 3.88. The first-order chi connectivity index (χ1) is 9.69. The van der Waals surface area contributed by atoms with Crippen molar-refractivity contribution in [1.29, 1.82) is 0 Å². The van der Waals surface area contributed by atoms with E-state index in [0.717, 1.165) is 31.9 Å². The summed E-state index contributed by atoms with van der Waals surface area (Å²) in [5.41, 5.74) is 2.43. The maximum atomic E-state index is 5.47. The van der Waals surface area contributed by atoms with Crippen LogP contribution in [0.3, 0.4) is 0 Å². The Labute approximate surface area is 120 Å². The molecule has 1 aliphatic rings. The van der Waals surface area contributed by atoms with Crippen LogP contribution in [0.5, 0.6) is 5.75 Å². The van der Waals surface area contributed by atoms with Gasteiger partial charge in [-0.15, -0.1) is 0 Å². The summed E-state index contributed by atoms with van der Waals surface area (Å²) in [7, 11) is 3.90. The van der Waals surface area contributed by atoms with Crippen LogP contribution in [0, 0.1) is 6.92 Å². The highest BCUT2D eigenvalue weighted by molar-refractivity contribution is 5.97. The molecular weight excluding hydrogens is 250 g/mol. The van der Waals surface area contributed by atoms with Crippen molar-refractivity contribution in [2.45, 2.75) is 6.92 Å². The number of benzene rings is 1. The van der Waals surface area contributed by atoms with E-state index in [1.165, 1.54) is 22.0 Å². The standard InChI is InChI=1S/C16H21N3O/c1-12-10-17-11-15-14(12)8-13(20-3)9-16(15)19-6-4-18(2)5-7-19/h8-11H,4-7H2,1-3H3. The van der Waals surface area contributed by atoms with Gasteiger partial charge in [-0.25, -0.2) is 0 Å². The lowest BCUT2D eigenvalue weighted by atomic mass is 10.1. The van der Waals surface area contributed by atoms with Crippen LogP contribution in [0.15, 0.2) is 24.5 Å². The summed E-state index contributed by atoms with van der Waals surface area (Å²) in [5.74, 6) is 0.917. The Morgan fingerprint density at radius 1 is 1.05 bits per heavy atom. The second-order valence-electron chi connectivity index (χ2n) is 5.49. The zero-order valence-electron chi connectivity index (χ0n) is 12.4. The van der Waals surface area contributed by atoms with Crippen molar-refractivity contribution in [2.24, 2.45) is 0 Å². The van der Waals surface area contributed by atoms with Crippen LogP contribution in [0.25, 0.3) is 10.8 Å². The molecule has 0 unspecified atom stereocenters. The SMILES string of the molecule is COc1cc(N2CCN(C)CC2)c2cncc(C)c2c1. The first kappa shape index (κ1) is 13.2. The molecule has 0 radical (unpaired) electrons. The van der Waals surface area contributed by atoms with Gasteiger partial charge in [-0.05, 0) is 31.0 Å². The number of hydrogen-bond acceptors (Lipinski definition) is 4. The van der Waals surface area contributed by atoms with E-state index in [1.54, 1.807) is 7.11 Å². The number of methoxy groups -OCH3 is 1. The molecular formula is C16H21N3O. The van der Waals surface area contributed by atoms with E-state index < -0.39 is 0 Å². The number of fused-ring (bicyclic) bond motifs is 1. The summed E-state index contributed by atoms with van der Waals surface area (Å²) < 4.78 is 5.47. The number of aromatic nitrogens is 1. The van der Waals surface area contributed by atoms with Gasteiger partial charge in [0, 0.05) is 55.7 Å². The van der Waals surface area contributed by atoms with E-state index in [9.17, 15) is 0 Å². The number of nitrogens with zero attached hydrogens (tertiary/aromatic N) is 3. The molecule has 0 atom stereocenters. The topological polar surface area (TPSA) is 28.6 Å². The highest BCUT2D eigenvalue weighted by Gasteiger charge is 2.18. The molecule has 0 saturated carbocycles.